The number of H-pyrrole nitrogens is 2. The molecular weight excluding hydrogens is 445 g/mol. The van der Waals surface area contributed by atoms with E-state index in [0.717, 1.165) is 40.1 Å². The minimum Gasteiger partial charge on any atom is -0.334 e. The maximum absolute atomic E-state index is 15.1. The predicted octanol–water partition coefficient (Wildman–Crippen LogP) is 4.26. The van der Waals surface area contributed by atoms with E-state index in [2.05, 4.69) is 40.0 Å². The van der Waals surface area contributed by atoms with Crippen LogP contribution in [0, 0.1) is 12.7 Å². The van der Waals surface area contributed by atoms with Crippen LogP contribution in [-0.4, -0.2) is 58.7 Å². The van der Waals surface area contributed by atoms with Gasteiger partial charge in [0.25, 0.3) is 0 Å². The molecule has 0 saturated heterocycles. The van der Waals surface area contributed by atoms with Crippen molar-refractivity contribution >= 4 is 22.1 Å². The van der Waals surface area contributed by atoms with E-state index in [9.17, 15) is 0 Å². The third kappa shape index (κ3) is 3.73. The standard InChI is InChI=1S/C25H22FN9/c1-14-11-35(13-29-14)20-4-5-28-24-23(20)30-25(31-24)22-18-7-16(8-19(26)21(18)32-33-22)17-6-15(9-27-10-17)12-34(2)3/h4-11,13H,12H2,1-3H3,(H,32,33)(H,28,30,31). The van der Waals surface area contributed by atoms with Crippen LogP contribution in [0.1, 0.15) is 11.3 Å². The maximum Gasteiger partial charge on any atom is 0.180 e. The zero-order valence-electron chi connectivity index (χ0n) is 19.4. The summed E-state index contributed by atoms with van der Waals surface area (Å²) in [5, 5.41) is 7.80. The van der Waals surface area contributed by atoms with E-state index in [1.165, 1.54) is 6.07 Å². The molecule has 0 atom stereocenters. The van der Waals surface area contributed by atoms with E-state index in [1.807, 2.05) is 56.2 Å². The van der Waals surface area contributed by atoms with Gasteiger partial charge in [-0.3, -0.25) is 10.1 Å². The number of pyridine rings is 2. The molecule has 0 bridgehead atoms. The van der Waals surface area contributed by atoms with Crippen LogP contribution in [0.25, 0.3) is 50.4 Å². The first kappa shape index (κ1) is 21.1. The SMILES string of the molecule is Cc1cn(-c2ccnc3nc(-c4[nH]nc5c(F)cc(-c6cncc(CN(C)C)c6)cc45)[nH]c23)cn1. The van der Waals surface area contributed by atoms with Gasteiger partial charge >= 0.3 is 0 Å². The lowest BCUT2D eigenvalue weighted by Crippen LogP contribution is -2.10. The highest BCUT2D eigenvalue weighted by Gasteiger charge is 2.18. The molecule has 6 aromatic rings. The molecule has 0 saturated carbocycles. The molecular formula is C25H22FN9. The normalized spacial score (nSPS) is 11.8. The summed E-state index contributed by atoms with van der Waals surface area (Å²) in [6.45, 7) is 2.68. The van der Waals surface area contributed by atoms with Crippen LogP contribution in [0.2, 0.25) is 0 Å². The minimum atomic E-state index is -0.415. The lowest BCUT2D eigenvalue weighted by atomic mass is 10.0. The summed E-state index contributed by atoms with van der Waals surface area (Å²) in [6, 6.07) is 7.32. The number of aromatic nitrogens is 8. The summed E-state index contributed by atoms with van der Waals surface area (Å²) in [5.41, 5.74) is 6.50. The Morgan fingerprint density at radius 2 is 1.97 bits per heavy atom. The van der Waals surface area contributed by atoms with Gasteiger partial charge in [-0.25, -0.2) is 19.3 Å². The van der Waals surface area contributed by atoms with Crippen molar-refractivity contribution in [1.82, 2.24) is 44.6 Å². The molecule has 5 aromatic heterocycles. The third-order valence-corrected chi connectivity index (χ3v) is 5.84. The molecule has 0 radical (unpaired) electrons. The average molecular weight is 468 g/mol. The van der Waals surface area contributed by atoms with Crippen LogP contribution < -0.4 is 0 Å². The van der Waals surface area contributed by atoms with Gasteiger partial charge in [0.15, 0.2) is 17.3 Å². The zero-order valence-corrected chi connectivity index (χ0v) is 19.4. The molecule has 5 heterocycles. The zero-order chi connectivity index (χ0) is 24.1. The van der Waals surface area contributed by atoms with Gasteiger partial charge in [-0.2, -0.15) is 5.10 Å². The van der Waals surface area contributed by atoms with Crippen molar-refractivity contribution in [2.75, 3.05) is 14.1 Å². The van der Waals surface area contributed by atoms with Gasteiger partial charge in [0.1, 0.15) is 16.7 Å². The van der Waals surface area contributed by atoms with Crippen molar-refractivity contribution in [3.8, 4) is 28.3 Å². The number of hydrogen-bond donors (Lipinski definition) is 2. The van der Waals surface area contributed by atoms with Crippen molar-refractivity contribution in [3.05, 3.63) is 72.5 Å². The summed E-state index contributed by atoms with van der Waals surface area (Å²) < 4.78 is 17.0. The van der Waals surface area contributed by atoms with E-state index in [-0.39, 0.29) is 5.52 Å². The Kier molecular flexibility index (Phi) is 4.89. The number of benzene rings is 1. The first-order chi connectivity index (χ1) is 17.0. The Morgan fingerprint density at radius 3 is 2.77 bits per heavy atom. The Bertz CT molecular complexity index is 1690. The quantitative estimate of drug-likeness (QED) is 0.393. The van der Waals surface area contributed by atoms with E-state index >= 15 is 4.39 Å². The van der Waals surface area contributed by atoms with Crippen LogP contribution in [0.15, 0.2) is 55.4 Å². The fourth-order valence-corrected chi connectivity index (χ4v) is 4.30. The Labute approximate surface area is 199 Å². The van der Waals surface area contributed by atoms with E-state index in [4.69, 9.17) is 0 Å². The highest BCUT2D eigenvalue weighted by molar-refractivity contribution is 5.96. The maximum atomic E-state index is 15.1. The molecule has 0 aliphatic heterocycles. The Balaban J connectivity index is 1.48. The second-order valence-corrected chi connectivity index (χ2v) is 8.81. The number of nitrogens with zero attached hydrogens (tertiary/aromatic N) is 7. The van der Waals surface area contributed by atoms with Crippen LogP contribution in [0.4, 0.5) is 4.39 Å². The highest BCUT2D eigenvalue weighted by atomic mass is 19.1. The van der Waals surface area contributed by atoms with Gasteiger partial charge in [0.2, 0.25) is 0 Å². The lowest BCUT2D eigenvalue weighted by Gasteiger charge is -2.10. The van der Waals surface area contributed by atoms with Crippen LogP contribution in [0.3, 0.4) is 0 Å². The molecule has 2 N–H and O–H groups in total. The summed E-state index contributed by atoms with van der Waals surface area (Å²) in [4.78, 5) is 23.1. The number of aromatic amines is 2. The highest BCUT2D eigenvalue weighted by Crippen LogP contribution is 2.32. The molecule has 0 aliphatic carbocycles. The number of halogens is 1. The minimum absolute atomic E-state index is 0.250. The number of fused-ring (bicyclic) bond motifs is 2. The largest absolute Gasteiger partial charge is 0.334 e. The molecule has 0 amide bonds. The van der Waals surface area contributed by atoms with Gasteiger partial charge in [-0.15, -0.1) is 0 Å². The van der Waals surface area contributed by atoms with E-state index < -0.39 is 5.82 Å². The fraction of sp³-hybridized carbons (Fsp3) is 0.160. The smallest absolute Gasteiger partial charge is 0.180 e. The lowest BCUT2D eigenvalue weighted by molar-refractivity contribution is 0.402. The molecule has 10 heteroatoms. The second kappa shape index (κ2) is 8.10. The number of rotatable bonds is 5. The van der Waals surface area contributed by atoms with Gasteiger partial charge in [-0.05, 0) is 56.4 Å². The van der Waals surface area contributed by atoms with Crippen molar-refractivity contribution in [1.29, 1.82) is 0 Å². The Hall–Kier alpha value is -4.44. The Morgan fingerprint density at radius 1 is 1.09 bits per heavy atom. The summed E-state index contributed by atoms with van der Waals surface area (Å²) in [5.74, 6) is 0.108. The van der Waals surface area contributed by atoms with Gasteiger partial charge in [0.05, 0.1) is 17.7 Å². The molecule has 35 heavy (non-hydrogen) atoms. The summed E-state index contributed by atoms with van der Waals surface area (Å²) >= 11 is 0. The molecule has 9 nitrogen and oxygen atoms in total. The molecule has 6 rings (SSSR count). The molecule has 0 aliphatic rings. The third-order valence-electron chi connectivity index (χ3n) is 5.84. The molecule has 1 aromatic carbocycles. The van der Waals surface area contributed by atoms with Crippen molar-refractivity contribution in [3.63, 3.8) is 0 Å². The van der Waals surface area contributed by atoms with Crippen LogP contribution in [0.5, 0.6) is 0 Å². The summed E-state index contributed by atoms with van der Waals surface area (Å²) in [7, 11) is 4.00. The summed E-state index contributed by atoms with van der Waals surface area (Å²) in [6.07, 6.45) is 8.94. The molecule has 0 unspecified atom stereocenters. The van der Waals surface area contributed by atoms with Crippen molar-refractivity contribution in [2.45, 2.75) is 13.5 Å². The van der Waals surface area contributed by atoms with E-state index in [0.29, 0.717) is 22.6 Å². The monoisotopic (exact) mass is 467 g/mol. The molecule has 174 valence electrons. The van der Waals surface area contributed by atoms with Gasteiger partial charge in [0, 0.05) is 42.3 Å². The first-order valence-electron chi connectivity index (χ1n) is 11.1. The fourth-order valence-electron chi connectivity index (χ4n) is 4.30. The number of hydrogen-bond acceptors (Lipinski definition) is 6. The van der Waals surface area contributed by atoms with E-state index in [1.54, 1.807) is 18.7 Å². The molecule has 0 spiro atoms. The van der Waals surface area contributed by atoms with Crippen LogP contribution in [-0.2, 0) is 6.54 Å². The van der Waals surface area contributed by atoms with Crippen molar-refractivity contribution < 1.29 is 4.39 Å². The topological polar surface area (TPSA) is 104 Å². The second-order valence-electron chi connectivity index (χ2n) is 8.81. The van der Waals surface area contributed by atoms with Gasteiger partial charge in [-0.1, -0.05) is 0 Å². The predicted molar refractivity (Wildman–Crippen MR) is 131 cm³/mol. The number of aryl methyl sites for hydroxylation is 1. The van der Waals surface area contributed by atoms with Gasteiger partial charge < -0.3 is 14.5 Å². The first-order valence-corrected chi connectivity index (χ1v) is 11.1. The number of imidazole rings is 2. The van der Waals surface area contributed by atoms with Crippen LogP contribution >= 0.6 is 0 Å². The van der Waals surface area contributed by atoms with Crippen molar-refractivity contribution in [2.24, 2.45) is 0 Å². The molecule has 0 fully saturated rings. The average Bonchev–Trinajstić information content (AvgIpc) is 3.56. The number of nitrogens with one attached hydrogen (secondary N) is 2.